The van der Waals surface area contributed by atoms with Crippen LogP contribution in [0, 0.1) is 20.8 Å². The molecule has 1 N–H and O–H groups in total. The molecule has 29 heavy (non-hydrogen) atoms. The number of anilines is 1. The van der Waals surface area contributed by atoms with E-state index in [9.17, 15) is 4.79 Å². The molecule has 146 valence electrons. The van der Waals surface area contributed by atoms with Crippen molar-refractivity contribution < 1.29 is 9.21 Å². The van der Waals surface area contributed by atoms with Gasteiger partial charge in [0, 0.05) is 11.3 Å². The maximum Gasteiger partial charge on any atom is 0.277 e. The van der Waals surface area contributed by atoms with Gasteiger partial charge in [-0.05, 0) is 48.7 Å². The smallest absolute Gasteiger partial charge is 0.277 e. The van der Waals surface area contributed by atoms with Crippen molar-refractivity contribution >= 4 is 34.1 Å². The highest BCUT2D eigenvalue weighted by Gasteiger charge is 2.14. The Kier molecular flexibility index (Phi) is 5.36. The highest BCUT2D eigenvalue weighted by atomic mass is 32.2. The van der Waals surface area contributed by atoms with E-state index in [0.717, 1.165) is 33.2 Å². The molecule has 1 aromatic heterocycles. The Morgan fingerprint density at radius 2 is 1.72 bits per heavy atom. The average molecular weight is 404 g/mol. The second-order valence-electron chi connectivity index (χ2n) is 7.01. The van der Waals surface area contributed by atoms with Gasteiger partial charge in [-0.3, -0.25) is 4.79 Å². The van der Waals surface area contributed by atoms with E-state index in [1.807, 2.05) is 63.2 Å². The molecule has 0 fully saturated rings. The van der Waals surface area contributed by atoms with Crippen molar-refractivity contribution in [1.29, 1.82) is 0 Å². The normalized spacial score (nSPS) is 11.0. The zero-order valence-corrected chi connectivity index (χ0v) is 17.3. The van der Waals surface area contributed by atoms with E-state index in [1.165, 1.54) is 17.3 Å². The molecule has 0 aliphatic rings. The molecule has 0 aliphatic carbocycles. The van der Waals surface area contributed by atoms with Gasteiger partial charge in [-0.2, -0.15) is 0 Å². The molecule has 1 heterocycles. The minimum absolute atomic E-state index is 0.102. The summed E-state index contributed by atoms with van der Waals surface area (Å²) in [5.74, 6) is 0.550. The predicted octanol–water partition coefficient (Wildman–Crippen LogP) is 5.55. The molecular weight excluding hydrogens is 382 g/mol. The fraction of sp³-hybridized carbons (Fsp3) is 0.174. The van der Waals surface area contributed by atoms with Crippen LogP contribution in [-0.4, -0.2) is 21.9 Å². The van der Waals surface area contributed by atoms with Crippen molar-refractivity contribution in [1.82, 2.24) is 10.2 Å². The first-order chi connectivity index (χ1) is 14.0. The topological polar surface area (TPSA) is 68.0 Å². The van der Waals surface area contributed by atoms with Gasteiger partial charge in [0.15, 0.2) is 0 Å². The molecule has 0 spiro atoms. The summed E-state index contributed by atoms with van der Waals surface area (Å²) in [4.78, 5) is 12.4. The van der Waals surface area contributed by atoms with Gasteiger partial charge in [0.1, 0.15) is 0 Å². The summed E-state index contributed by atoms with van der Waals surface area (Å²) < 4.78 is 5.80. The SMILES string of the molecule is Cc1cc(C)c(NC(=O)CSc2nnc(-c3cccc4ccccc34)o2)c(C)c1. The number of nitrogens with zero attached hydrogens (tertiary/aromatic N) is 2. The van der Waals surface area contributed by atoms with Crippen LogP contribution in [0.3, 0.4) is 0 Å². The number of fused-ring (bicyclic) bond motifs is 1. The summed E-state index contributed by atoms with van der Waals surface area (Å²) in [6.07, 6.45) is 0. The summed E-state index contributed by atoms with van der Waals surface area (Å²) in [7, 11) is 0. The Labute approximate surface area is 173 Å². The van der Waals surface area contributed by atoms with Gasteiger partial charge < -0.3 is 9.73 Å². The molecule has 0 unspecified atom stereocenters. The van der Waals surface area contributed by atoms with Gasteiger partial charge in [0.25, 0.3) is 5.22 Å². The van der Waals surface area contributed by atoms with Crippen LogP contribution in [-0.2, 0) is 4.79 Å². The summed E-state index contributed by atoms with van der Waals surface area (Å²) >= 11 is 1.23. The average Bonchev–Trinajstić information content (AvgIpc) is 3.17. The van der Waals surface area contributed by atoms with Crippen LogP contribution in [0.15, 0.2) is 64.2 Å². The van der Waals surface area contributed by atoms with Gasteiger partial charge in [-0.15, -0.1) is 10.2 Å². The number of thioether (sulfide) groups is 1. The van der Waals surface area contributed by atoms with Crippen LogP contribution in [0.1, 0.15) is 16.7 Å². The highest BCUT2D eigenvalue weighted by molar-refractivity contribution is 7.99. The predicted molar refractivity (Wildman–Crippen MR) is 117 cm³/mol. The number of hydrogen-bond donors (Lipinski definition) is 1. The lowest BCUT2D eigenvalue weighted by molar-refractivity contribution is -0.113. The molecule has 0 aliphatic heterocycles. The Morgan fingerprint density at radius 1 is 1.00 bits per heavy atom. The van der Waals surface area contributed by atoms with Crippen LogP contribution in [0.25, 0.3) is 22.2 Å². The maximum absolute atomic E-state index is 12.4. The van der Waals surface area contributed by atoms with E-state index >= 15 is 0 Å². The molecule has 4 rings (SSSR count). The number of hydrogen-bond acceptors (Lipinski definition) is 5. The number of nitrogens with one attached hydrogen (secondary N) is 1. The largest absolute Gasteiger partial charge is 0.411 e. The van der Waals surface area contributed by atoms with E-state index in [0.29, 0.717) is 11.1 Å². The number of carbonyl (C=O) groups is 1. The summed E-state index contributed by atoms with van der Waals surface area (Å²) in [5, 5.41) is 13.8. The minimum Gasteiger partial charge on any atom is -0.411 e. The first-order valence-corrected chi connectivity index (χ1v) is 10.3. The molecular formula is C23H21N3O2S. The fourth-order valence-corrected chi connectivity index (χ4v) is 4.03. The van der Waals surface area contributed by atoms with Crippen molar-refractivity contribution in [2.75, 3.05) is 11.1 Å². The lowest BCUT2D eigenvalue weighted by Gasteiger charge is -2.12. The van der Waals surface area contributed by atoms with Gasteiger partial charge >= 0.3 is 0 Å². The standard InChI is InChI=1S/C23H21N3O2S/c1-14-11-15(2)21(16(3)12-14)24-20(27)13-29-23-26-25-22(28-23)19-10-6-8-17-7-4-5-9-18(17)19/h4-12H,13H2,1-3H3,(H,24,27). The molecule has 1 amide bonds. The molecule has 0 saturated heterocycles. The number of benzene rings is 3. The Bertz CT molecular complexity index is 1170. The van der Waals surface area contributed by atoms with Crippen molar-refractivity contribution in [3.8, 4) is 11.5 Å². The second kappa shape index (κ2) is 8.09. The van der Waals surface area contributed by atoms with E-state index < -0.39 is 0 Å². The third-order valence-electron chi connectivity index (χ3n) is 4.69. The minimum atomic E-state index is -0.102. The summed E-state index contributed by atoms with van der Waals surface area (Å²) in [6, 6.07) is 18.1. The number of aromatic nitrogens is 2. The second-order valence-corrected chi connectivity index (χ2v) is 7.94. The van der Waals surface area contributed by atoms with E-state index in [-0.39, 0.29) is 11.7 Å². The summed E-state index contributed by atoms with van der Waals surface area (Å²) in [6.45, 7) is 6.04. The van der Waals surface area contributed by atoms with Gasteiger partial charge in [0.2, 0.25) is 11.8 Å². The first-order valence-electron chi connectivity index (χ1n) is 9.33. The molecule has 6 heteroatoms. The number of carbonyl (C=O) groups excluding carboxylic acids is 1. The molecule has 5 nitrogen and oxygen atoms in total. The zero-order valence-electron chi connectivity index (χ0n) is 16.5. The molecule has 0 radical (unpaired) electrons. The van der Waals surface area contributed by atoms with E-state index in [4.69, 9.17) is 4.42 Å². The van der Waals surface area contributed by atoms with Gasteiger partial charge in [0.05, 0.1) is 5.75 Å². The van der Waals surface area contributed by atoms with E-state index in [1.54, 1.807) is 0 Å². The zero-order chi connectivity index (χ0) is 20.4. The lowest BCUT2D eigenvalue weighted by Crippen LogP contribution is -2.15. The van der Waals surface area contributed by atoms with Crippen LogP contribution < -0.4 is 5.32 Å². The Hall–Kier alpha value is -3.12. The quantitative estimate of drug-likeness (QED) is 0.443. The first kappa shape index (κ1) is 19.2. The van der Waals surface area contributed by atoms with Crippen molar-refractivity contribution in [3.05, 3.63) is 71.3 Å². The lowest BCUT2D eigenvalue weighted by atomic mass is 10.0. The van der Waals surface area contributed by atoms with Crippen LogP contribution >= 0.6 is 11.8 Å². The van der Waals surface area contributed by atoms with Crippen molar-refractivity contribution in [2.45, 2.75) is 26.0 Å². The van der Waals surface area contributed by atoms with Gasteiger partial charge in [-0.25, -0.2) is 0 Å². The number of aryl methyl sites for hydroxylation is 3. The van der Waals surface area contributed by atoms with Crippen LogP contribution in [0.4, 0.5) is 5.69 Å². The number of amides is 1. The Morgan fingerprint density at radius 3 is 2.52 bits per heavy atom. The molecule has 3 aromatic carbocycles. The van der Waals surface area contributed by atoms with Crippen LogP contribution in [0.2, 0.25) is 0 Å². The van der Waals surface area contributed by atoms with Gasteiger partial charge in [-0.1, -0.05) is 65.9 Å². The summed E-state index contributed by atoms with van der Waals surface area (Å²) in [5.41, 5.74) is 5.04. The van der Waals surface area contributed by atoms with Crippen molar-refractivity contribution in [3.63, 3.8) is 0 Å². The fourth-order valence-electron chi connectivity index (χ4n) is 3.47. The molecule has 0 saturated carbocycles. The molecule has 0 bridgehead atoms. The number of rotatable bonds is 5. The van der Waals surface area contributed by atoms with E-state index in [2.05, 4.69) is 27.6 Å². The molecule has 4 aromatic rings. The maximum atomic E-state index is 12.4. The highest BCUT2D eigenvalue weighted by Crippen LogP contribution is 2.29. The van der Waals surface area contributed by atoms with Crippen LogP contribution in [0.5, 0.6) is 0 Å². The Balaban J connectivity index is 1.45. The third-order valence-corrected chi connectivity index (χ3v) is 5.51. The van der Waals surface area contributed by atoms with Crippen molar-refractivity contribution in [2.24, 2.45) is 0 Å². The molecule has 0 atom stereocenters. The third kappa shape index (κ3) is 4.17. The monoisotopic (exact) mass is 403 g/mol.